The molecule has 3 atom stereocenters. The molecule has 0 unspecified atom stereocenters. The molecular weight excluding hydrogens is 401 g/mol. The van der Waals surface area contributed by atoms with Crippen molar-refractivity contribution in [3.05, 3.63) is 71.8 Å². The first-order valence-corrected chi connectivity index (χ1v) is 9.98. The van der Waals surface area contributed by atoms with Gasteiger partial charge in [0.25, 0.3) is 11.8 Å². The third-order valence-electron chi connectivity index (χ3n) is 5.62. The molecule has 0 saturated heterocycles. The van der Waals surface area contributed by atoms with E-state index in [4.69, 9.17) is 4.74 Å². The van der Waals surface area contributed by atoms with Gasteiger partial charge in [-0.05, 0) is 17.7 Å². The number of carbonyl (C=O) groups excluding carboxylic acids is 2. The second kappa shape index (κ2) is 7.50. The molecule has 1 N–H and O–H groups in total. The minimum absolute atomic E-state index is 0.0299. The highest BCUT2D eigenvalue weighted by Crippen LogP contribution is 2.39. The lowest BCUT2D eigenvalue weighted by atomic mass is 10.0. The van der Waals surface area contributed by atoms with Gasteiger partial charge in [-0.25, -0.2) is 14.1 Å². The van der Waals surface area contributed by atoms with E-state index in [2.05, 4.69) is 15.4 Å². The third-order valence-corrected chi connectivity index (χ3v) is 5.62. The summed E-state index contributed by atoms with van der Waals surface area (Å²) in [4.78, 5) is 31.2. The number of aromatic nitrogens is 3. The third kappa shape index (κ3) is 3.31. The molecule has 31 heavy (non-hydrogen) atoms. The monoisotopic (exact) mass is 421 g/mol. The number of carbonyl (C=O) groups is 2. The number of amides is 2. The number of ether oxygens (including phenoxy) is 1. The maximum absolute atomic E-state index is 14.6. The minimum Gasteiger partial charge on any atom is -0.489 e. The standard InChI is InChI=1S/C22H20FN5O3/c1-27-16-9-5-6-10-18(16)31-12-15(22(27)30)24-21(29)19-25-20-14(23)11-17(28(20)26-19)13-7-3-2-4-8-13/h2-10,14-15,17H,11-12H2,1H3,(H,24,29)/t14-,15+,17+/m1/s1. The Hall–Kier alpha value is -3.75. The van der Waals surface area contributed by atoms with Crippen LogP contribution in [0.3, 0.4) is 0 Å². The van der Waals surface area contributed by atoms with Crippen LogP contribution in [-0.2, 0) is 4.79 Å². The first-order valence-electron chi connectivity index (χ1n) is 9.98. The predicted molar refractivity (Wildman–Crippen MR) is 110 cm³/mol. The molecule has 3 heterocycles. The number of hydrogen-bond acceptors (Lipinski definition) is 5. The fraction of sp³-hybridized carbons (Fsp3) is 0.273. The summed E-state index contributed by atoms with van der Waals surface area (Å²) in [5.41, 5.74) is 1.52. The normalized spacial score (nSPS) is 22.3. The Morgan fingerprint density at radius 2 is 1.90 bits per heavy atom. The van der Waals surface area contributed by atoms with Crippen molar-refractivity contribution in [2.75, 3.05) is 18.6 Å². The zero-order chi connectivity index (χ0) is 21.5. The second-order valence-corrected chi connectivity index (χ2v) is 7.57. The van der Waals surface area contributed by atoms with E-state index < -0.39 is 18.1 Å². The summed E-state index contributed by atoms with van der Waals surface area (Å²) in [7, 11) is 1.62. The molecule has 1 aromatic heterocycles. The van der Waals surface area contributed by atoms with Gasteiger partial charge < -0.3 is 15.0 Å². The summed E-state index contributed by atoms with van der Waals surface area (Å²) in [5, 5.41) is 6.89. The van der Waals surface area contributed by atoms with Crippen LogP contribution in [0.25, 0.3) is 0 Å². The lowest BCUT2D eigenvalue weighted by molar-refractivity contribution is -0.120. The van der Waals surface area contributed by atoms with Gasteiger partial charge in [0.2, 0.25) is 5.82 Å². The Bertz CT molecular complexity index is 1150. The van der Waals surface area contributed by atoms with Crippen molar-refractivity contribution in [1.82, 2.24) is 20.1 Å². The van der Waals surface area contributed by atoms with Crippen LogP contribution in [0.15, 0.2) is 54.6 Å². The molecule has 2 aliphatic heterocycles. The molecule has 0 aliphatic carbocycles. The molecule has 9 heteroatoms. The van der Waals surface area contributed by atoms with E-state index in [1.165, 1.54) is 9.58 Å². The van der Waals surface area contributed by atoms with E-state index in [0.717, 1.165) is 5.56 Å². The molecule has 0 saturated carbocycles. The van der Waals surface area contributed by atoms with Crippen molar-refractivity contribution in [2.24, 2.45) is 0 Å². The fourth-order valence-electron chi connectivity index (χ4n) is 4.01. The van der Waals surface area contributed by atoms with E-state index in [-0.39, 0.29) is 36.6 Å². The number of para-hydroxylation sites is 2. The summed E-state index contributed by atoms with van der Waals surface area (Å²) in [6.07, 6.45) is -1.10. The molecule has 0 spiro atoms. The summed E-state index contributed by atoms with van der Waals surface area (Å²) >= 11 is 0. The van der Waals surface area contributed by atoms with Gasteiger partial charge in [0.1, 0.15) is 18.4 Å². The van der Waals surface area contributed by atoms with Crippen LogP contribution in [0, 0.1) is 0 Å². The van der Waals surface area contributed by atoms with Crippen molar-refractivity contribution in [1.29, 1.82) is 0 Å². The molecule has 0 bridgehead atoms. The topological polar surface area (TPSA) is 89.4 Å². The zero-order valence-electron chi connectivity index (χ0n) is 16.7. The highest BCUT2D eigenvalue weighted by molar-refractivity contribution is 6.02. The Morgan fingerprint density at radius 1 is 1.16 bits per heavy atom. The molecule has 0 fully saturated rings. The number of alkyl halides is 1. The largest absolute Gasteiger partial charge is 0.489 e. The highest BCUT2D eigenvalue weighted by Gasteiger charge is 2.37. The smallest absolute Gasteiger partial charge is 0.291 e. The Kier molecular flexibility index (Phi) is 4.65. The number of halogens is 1. The van der Waals surface area contributed by atoms with E-state index in [0.29, 0.717) is 11.4 Å². The number of rotatable bonds is 3. The average Bonchev–Trinajstić information content (AvgIpc) is 3.34. The second-order valence-electron chi connectivity index (χ2n) is 7.57. The minimum atomic E-state index is -1.32. The van der Waals surface area contributed by atoms with Gasteiger partial charge in [-0.1, -0.05) is 42.5 Å². The van der Waals surface area contributed by atoms with Gasteiger partial charge in [0, 0.05) is 13.5 Å². The van der Waals surface area contributed by atoms with Gasteiger partial charge in [0.05, 0.1) is 11.7 Å². The molecule has 5 rings (SSSR count). The van der Waals surface area contributed by atoms with Gasteiger partial charge in [-0.3, -0.25) is 9.59 Å². The van der Waals surface area contributed by atoms with E-state index in [1.807, 2.05) is 36.4 Å². The van der Waals surface area contributed by atoms with Crippen LogP contribution in [-0.4, -0.2) is 46.3 Å². The molecule has 158 valence electrons. The molecular formula is C22H20FN5O3. The van der Waals surface area contributed by atoms with Crippen LogP contribution < -0.4 is 15.0 Å². The number of anilines is 1. The number of nitrogens with one attached hydrogen (secondary N) is 1. The van der Waals surface area contributed by atoms with E-state index in [1.54, 1.807) is 25.2 Å². The van der Waals surface area contributed by atoms with Gasteiger partial charge in [-0.15, -0.1) is 5.10 Å². The van der Waals surface area contributed by atoms with Crippen LogP contribution in [0.5, 0.6) is 5.75 Å². The van der Waals surface area contributed by atoms with Gasteiger partial charge in [-0.2, -0.15) is 0 Å². The van der Waals surface area contributed by atoms with Gasteiger partial charge >= 0.3 is 0 Å². The van der Waals surface area contributed by atoms with Crippen molar-refractivity contribution < 1.29 is 18.7 Å². The number of nitrogens with zero attached hydrogens (tertiary/aromatic N) is 4. The van der Waals surface area contributed by atoms with Crippen LogP contribution >= 0.6 is 0 Å². The van der Waals surface area contributed by atoms with Crippen molar-refractivity contribution >= 4 is 17.5 Å². The number of benzene rings is 2. The lowest BCUT2D eigenvalue weighted by Crippen LogP contribution is -2.49. The van der Waals surface area contributed by atoms with Crippen molar-refractivity contribution in [3.8, 4) is 5.75 Å². The summed E-state index contributed by atoms with van der Waals surface area (Å²) in [6, 6.07) is 15.3. The van der Waals surface area contributed by atoms with Crippen LogP contribution in [0.1, 0.15) is 40.6 Å². The molecule has 2 amide bonds. The van der Waals surface area contributed by atoms with Crippen LogP contribution in [0.4, 0.5) is 10.1 Å². The highest BCUT2D eigenvalue weighted by atomic mass is 19.1. The Morgan fingerprint density at radius 3 is 2.71 bits per heavy atom. The van der Waals surface area contributed by atoms with Gasteiger partial charge in [0.15, 0.2) is 12.0 Å². The van der Waals surface area contributed by atoms with E-state index in [9.17, 15) is 14.0 Å². The first-order chi connectivity index (χ1) is 15.0. The molecule has 0 radical (unpaired) electrons. The Balaban J connectivity index is 1.36. The summed E-state index contributed by atoms with van der Waals surface area (Å²) < 4.78 is 21.7. The lowest BCUT2D eigenvalue weighted by Gasteiger charge is -2.19. The number of fused-ring (bicyclic) bond motifs is 2. The molecule has 2 aromatic carbocycles. The quantitative estimate of drug-likeness (QED) is 0.702. The molecule has 2 aliphatic rings. The maximum Gasteiger partial charge on any atom is 0.291 e. The molecule has 8 nitrogen and oxygen atoms in total. The summed E-state index contributed by atoms with van der Waals surface area (Å²) in [6.45, 7) is -0.0299. The van der Waals surface area contributed by atoms with Crippen LogP contribution in [0.2, 0.25) is 0 Å². The predicted octanol–water partition coefficient (Wildman–Crippen LogP) is 2.44. The van der Waals surface area contributed by atoms with Crippen molar-refractivity contribution in [3.63, 3.8) is 0 Å². The SMILES string of the molecule is CN1C(=O)[C@@H](NC(=O)c2nc3n(n2)[C@H](c2ccccc2)C[C@H]3F)COc2ccccc21. The average molecular weight is 421 g/mol. The van der Waals surface area contributed by atoms with Crippen molar-refractivity contribution in [2.45, 2.75) is 24.7 Å². The van der Waals surface area contributed by atoms with E-state index >= 15 is 0 Å². The summed E-state index contributed by atoms with van der Waals surface area (Å²) in [5.74, 6) is -0.472. The zero-order valence-corrected chi connectivity index (χ0v) is 16.7. The fourth-order valence-corrected chi connectivity index (χ4v) is 4.01. The number of likely N-dealkylation sites (N-methyl/N-ethyl adjacent to an activating group) is 1. The first kappa shape index (κ1) is 19.2. The maximum atomic E-state index is 14.6. The number of hydrogen-bond donors (Lipinski definition) is 1. The molecule has 3 aromatic rings. The Labute approximate surface area is 177 Å².